The molecule has 1 aliphatic carbocycles. The van der Waals surface area contributed by atoms with Crippen LogP contribution in [0.2, 0.25) is 0 Å². The topological polar surface area (TPSA) is 85.8 Å². The van der Waals surface area contributed by atoms with Crippen molar-refractivity contribution in [3.05, 3.63) is 48.7 Å². The first kappa shape index (κ1) is 13.5. The van der Waals surface area contributed by atoms with Crippen molar-refractivity contribution in [1.82, 2.24) is 14.5 Å². The molecular formula is C15H17N5O. The van der Waals surface area contributed by atoms with Crippen LogP contribution < -0.4 is 11.1 Å². The van der Waals surface area contributed by atoms with Gasteiger partial charge in [0.1, 0.15) is 11.6 Å². The van der Waals surface area contributed by atoms with Gasteiger partial charge in [-0.2, -0.15) is 0 Å². The van der Waals surface area contributed by atoms with E-state index in [9.17, 15) is 4.79 Å². The maximum absolute atomic E-state index is 12.1. The van der Waals surface area contributed by atoms with E-state index in [0.717, 1.165) is 11.6 Å². The number of pyridine rings is 1. The highest BCUT2D eigenvalue weighted by molar-refractivity contribution is 5.93. The van der Waals surface area contributed by atoms with Crippen molar-refractivity contribution >= 4 is 11.6 Å². The fourth-order valence-corrected chi connectivity index (χ4v) is 2.38. The average Bonchev–Trinajstić information content (AvgIpc) is 3.08. The van der Waals surface area contributed by atoms with Crippen molar-refractivity contribution in [3.63, 3.8) is 0 Å². The molecule has 3 N–H and O–H groups in total. The molecule has 2 aromatic heterocycles. The zero-order valence-corrected chi connectivity index (χ0v) is 11.7. The lowest BCUT2D eigenvalue weighted by Gasteiger charge is -2.11. The maximum Gasteiger partial charge on any atom is 0.231 e. The number of imidazole rings is 1. The van der Waals surface area contributed by atoms with Crippen molar-refractivity contribution in [2.75, 3.05) is 5.32 Å². The van der Waals surface area contributed by atoms with Gasteiger partial charge >= 0.3 is 0 Å². The van der Waals surface area contributed by atoms with Gasteiger partial charge < -0.3 is 11.1 Å². The molecular weight excluding hydrogens is 266 g/mol. The molecule has 2 unspecified atom stereocenters. The van der Waals surface area contributed by atoms with Gasteiger partial charge in [0.05, 0.1) is 17.8 Å². The molecule has 0 saturated heterocycles. The van der Waals surface area contributed by atoms with Crippen LogP contribution >= 0.6 is 0 Å². The number of nitrogens with zero attached hydrogens (tertiary/aromatic N) is 3. The first-order valence-electron chi connectivity index (χ1n) is 6.84. The van der Waals surface area contributed by atoms with Crippen LogP contribution in [0, 0.1) is 12.8 Å². The number of carbonyl (C=O) groups excluding carboxylic acids is 1. The van der Waals surface area contributed by atoms with Crippen molar-refractivity contribution in [2.45, 2.75) is 19.4 Å². The first-order valence-corrected chi connectivity index (χ1v) is 6.84. The summed E-state index contributed by atoms with van der Waals surface area (Å²) in [7, 11) is 0. The van der Waals surface area contributed by atoms with E-state index in [-0.39, 0.29) is 17.9 Å². The maximum atomic E-state index is 12.1. The Morgan fingerprint density at radius 1 is 1.38 bits per heavy atom. The summed E-state index contributed by atoms with van der Waals surface area (Å²) in [5.74, 6) is 1.43. The van der Waals surface area contributed by atoms with Crippen LogP contribution in [0.4, 0.5) is 5.69 Å². The van der Waals surface area contributed by atoms with Crippen molar-refractivity contribution in [1.29, 1.82) is 0 Å². The molecule has 0 aromatic carbocycles. The summed E-state index contributed by atoms with van der Waals surface area (Å²) in [5, 5.41) is 2.86. The van der Waals surface area contributed by atoms with Gasteiger partial charge in [-0.3, -0.25) is 9.36 Å². The monoisotopic (exact) mass is 283 g/mol. The van der Waals surface area contributed by atoms with Crippen molar-refractivity contribution in [3.8, 4) is 5.82 Å². The number of hydrogen-bond donors (Lipinski definition) is 2. The highest BCUT2D eigenvalue weighted by atomic mass is 16.1. The lowest BCUT2D eigenvalue weighted by Crippen LogP contribution is -2.24. The fraction of sp³-hybridized carbons (Fsp3) is 0.267. The highest BCUT2D eigenvalue weighted by Crippen LogP contribution is 2.19. The summed E-state index contributed by atoms with van der Waals surface area (Å²) in [4.78, 5) is 20.6. The van der Waals surface area contributed by atoms with E-state index in [4.69, 9.17) is 5.73 Å². The molecule has 1 amide bonds. The molecule has 2 aromatic rings. The molecule has 2 atom stereocenters. The van der Waals surface area contributed by atoms with Crippen LogP contribution in [0.15, 0.2) is 42.9 Å². The van der Waals surface area contributed by atoms with Crippen LogP contribution in [0.3, 0.4) is 0 Å². The number of aromatic nitrogens is 3. The van der Waals surface area contributed by atoms with E-state index in [2.05, 4.69) is 15.3 Å². The highest BCUT2D eigenvalue weighted by Gasteiger charge is 2.22. The largest absolute Gasteiger partial charge is 0.324 e. The molecule has 6 nitrogen and oxygen atoms in total. The summed E-state index contributed by atoms with van der Waals surface area (Å²) in [6.07, 6.45) is 9.60. The molecule has 3 rings (SSSR count). The first-order chi connectivity index (χ1) is 10.1. The van der Waals surface area contributed by atoms with Gasteiger partial charge in [-0.1, -0.05) is 12.2 Å². The standard InChI is InChI=1S/C15H17N5O/c1-10-17-6-7-20(10)14-5-4-13(9-18-14)19-15(21)11-2-3-12(16)8-11/h2-7,9,11-12H,8,16H2,1H3,(H,19,21). The molecule has 21 heavy (non-hydrogen) atoms. The van der Waals surface area contributed by atoms with Gasteiger partial charge in [-0.15, -0.1) is 0 Å². The molecule has 0 aliphatic heterocycles. The second kappa shape index (κ2) is 5.49. The number of amides is 1. The zero-order chi connectivity index (χ0) is 14.8. The van der Waals surface area contributed by atoms with Gasteiger partial charge in [-0.05, 0) is 25.5 Å². The summed E-state index contributed by atoms with van der Waals surface area (Å²) in [5.41, 5.74) is 6.43. The number of carbonyl (C=O) groups is 1. The lowest BCUT2D eigenvalue weighted by atomic mass is 10.1. The minimum Gasteiger partial charge on any atom is -0.324 e. The molecule has 0 fully saturated rings. The predicted molar refractivity (Wildman–Crippen MR) is 79.9 cm³/mol. The third kappa shape index (κ3) is 2.85. The van der Waals surface area contributed by atoms with Crippen LogP contribution in [-0.2, 0) is 4.79 Å². The van der Waals surface area contributed by atoms with E-state index < -0.39 is 0 Å². The number of aryl methyl sites for hydroxylation is 1. The van der Waals surface area contributed by atoms with Crippen molar-refractivity contribution < 1.29 is 4.79 Å². The Hall–Kier alpha value is -2.47. The second-order valence-corrected chi connectivity index (χ2v) is 5.13. The van der Waals surface area contributed by atoms with Gasteiger partial charge in [0.25, 0.3) is 0 Å². The summed E-state index contributed by atoms with van der Waals surface area (Å²) in [6, 6.07) is 3.66. The van der Waals surface area contributed by atoms with Crippen LogP contribution in [0.1, 0.15) is 12.2 Å². The van der Waals surface area contributed by atoms with Crippen LogP contribution in [0.25, 0.3) is 5.82 Å². The summed E-state index contributed by atoms with van der Waals surface area (Å²) in [6.45, 7) is 1.91. The number of anilines is 1. The van der Waals surface area contributed by atoms with E-state index in [1.807, 2.05) is 42.0 Å². The van der Waals surface area contributed by atoms with E-state index in [1.54, 1.807) is 12.4 Å². The third-order valence-corrected chi connectivity index (χ3v) is 3.54. The predicted octanol–water partition coefficient (Wildman–Crippen LogP) is 1.42. The normalized spacial score (nSPS) is 20.7. The number of rotatable bonds is 3. The Morgan fingerprint density at radius 2 is 2.24 bits per heavy atom. The van der Waals surface area contributed by atoms with E-state index in [1.165, 1.54) is 0 Å². The number of nitrogens with two attached hydrogens (primary N) is 1. The summed E-state index contributed by atoms with van der Waals surface area (Å²) >= 11 is 0. The third-order valence-electron chi connectivity index (χ3n) is 3.54. The quantitative estimate of drug-likeness (QED) is 0.834. The molecule has 6 heteroatoms. The Kier molecular flexibility index (Phi) is 3.53. The Labute approximate surface area is 122 Å². The van der Waals surface area contributed by atoms with Crippen LogP contribution in [0.5, 0.6) is 0 Å². The SMILES string of the molecule is Cc1nccn1-c1ccc(NC(=O)C2C=CC(N)C2)cn1. The molecule has 0 bridgehead atoms. The average molecular weight is 283 g/mol. The second-order valence-electron chi connectivity index (χ2n) is 5.13. The molecule has 0 saturated carbocycles. The minimum absolute atomic E-state index is 0.0227. The summed E-state index contributed by atoms with van der Waals surface area (Å²) < 4.78 is 1.88. The molecule has 0 spiro atoms. The number of nitrogens with one attached hydrogen (secondary N) is 1. The molecule has 108 valence electrons. The van der Waals surface area contributed by atoms with E-state index in [0.29, 0.717) is 12.1 Å². The lowest BCUT2D eigenvalue weighted by molar-refractivity contribution is -0.118. The smallest absolute Gasteiger partial charge is 0.231 e. The fourth-order valence-electron chi connectivity index (χ4n) is 2.38. The van der Waals surface area contributed by atoms with Crippen LogP contribution in [-0.4, -0.2) is 26.5 Å². The Bertz CT molecular complexity index is 674. The number of hydrogen-bond acceptors (Lipinski definition) is 4. The van der Waals surface area contributed by atoms with Gasteiger partial charge in [0.2, 0.25) is 5.91 Å². The zero-order valence-electron chi connectivity index (χ0n) is 11.7. The van der Waals surface area contributed by atoms with Gasteiger partial charge in [-0.25, -0.2) is 9.97 Å². The van der Waals surface area contributed by atoms with E-state index >= 15 is 0 Å². The van der Waals surface area contributed by atoms with Gasteiger partial charge in [0.15, 0.2) is 0 Å². The molecule has 0 radical (unpaired) electrons. The minimum atomic E-state index is -0.157. The Balaban J connectivity index is 1.69. The molecule has 2 heterocycles. The van der Waals surface area contributed by atoms with Crippen molar-refractivity contribution in [2.24, 2.45) is 11.7 Å². The van der Waals surface area contributed by atoms with Gasteiger partial charge in [0, 0.05) is 18.4 Å². The Morgan fingerprint density at radius 3 is 2.81 bits per heavy atom. The molecule has 1 aliphatic rings.